The Morgan fingerprint density at radius 2 is 1.68 bits per heavy atom. The summed E-state index contributed by atoms with van der Waals surface area (Å²) in [6.07, 6.45) is 6.79. The number of rotatable bonds is 3. The summed E-state index contributed by atoms with van der Waals surface area (Å²) in [5.74, 6) is 1.06. The maximum atomic E-state index is 6.65. The van der Waals surface area contributed by atoms with E-state index in [-0.39, 0.29) is 0 Å². The Bertz CT molecular complexity index is 1010. The molecule has 3 atom stereocenters. The van der Waals surface area contributed by atoms with Crippen molar-refractivity contribution in [1.82, 2.24) is 0 Å². The van der Waals surface area contributed by atoms with Crippen molar-refractivity contribution in [2.75, 3.05) is 7.11 Å². The molecule has 2 nitrogen and oxygen atoms in total. The molecule has 1 heterocycles. The second-order valence-electron chi connectivity index (χ2n) is 8.00. The van der Waals surface area contributed by atoms with Gasteiger partial charge in [0.15, 0.2) is 0 Å². The smallest absolute Gasteiger partial charge is 0.214 e. The molecule has 2 heteroatoms. The number of hydrogen-bond donors (Lipinski definition) is 0. The first-order valence-corrected chi connectivity index (χ1v) is 10.3. The summed E-state index contributed by atoms with van der Waals surface area (Å²) in [5.41, 5.74) is 2.47. The minimum absolute atomic E-state index is 0.302. The van der Waals surface area contributed by atoms with Gasteiger partial charge in [0.2, 0.25) is 5.79 Å². The van der Waals surface area contributed by atoms with Crippen LogP contribution in [-0.4, -0.2) is 12.9 Å². The van der Waals surface area contributed by atoms with E-state index in [1.165, 1.54) is 22.8 Å². The number of allylic oxidation sites excluding steroid dienone is 1. The Balaban J connectivity index is 1.64. The molecular weight excluding hydrogens is 344 g/mol. The molecule has 1 aliphatic heterocycles. The number of fused-ring (bicyclic) bond motifs is 2. The molecule has 0 aromatic heterocycles. The van der Waals surface area contributed by atoms with E-state index in [9.17, 15) is 0 Å². The second-order valence-corrected chi connectivity index (χ2v) is 8.00. The van der Waals surface area contributed by atoms with E-state index in [1.54, 1.807) is 0 Å². The van der Waals surface area contributed by atoms with Gasteiger partial charge in [-0.3, -0.25) is 0 Å². The molecule has 0 radical (unpaired) electrons. The van der Waals surface area contributed by atoms with Gasteiger partial charge in [-0.2, -0.15) is 0 Å². The third-order valence-electron chi connectivity index (χ3n) is 6.47. The Morgan fingerprint density at radius 1 is 0.893 bits per heavy atom. The van der Waals surface area contributed by atoms with Crippen LogP contribution in [0.4, 0.5) is 0 Å². The van der Waals surface area contributed by atoms with E-state index >= 15 is 0 Å². The van der Waals surface area contributed by atoms with Crippen LogP contribution in [0.3, 0.4) is 0 Å². The lowest BCUT2D eigenvalue weighted by Gasteiger charge is -2.49. The van der Waals surface area contributed by atoms with E-state index in [0.717, 1.165) is 30.6 Å². The molecule has 0 spiro atoms. The first-order chi connectivity index (χ1) is 13.8. The van der Waals surface area contributed by atoms with Gasteiger partial charge in [0.05, 0.1) is 0 Å². The quantitative estimate of drug-likeness (QED) is 0.522. The van der Waals surface area contributed by atoms with Crippen LogP contribution in [0.25, 0.3) is 16.5 Å². The molecule has 0 bridgehead atoms. The minimum atomic E-state index is -0.533. The Kier molecular flexibility index (Phi) is 4.44. The molecule has 28 heavy (non-hydrogen) atoms. The van der Waals surface area contributed by atoms with Crippen LogP contribution >= 0.6 is 0 Å². The minimum Gasteiger partial charge on any atom is -0.462 e. The normalized spacial score (nSPS) is 27.0. The van der Waals surface area contributed by atoms with Gasteiger partial charge < -0.3 is 9.47 Å². The fourth-order valence-corrected chi connectivity index (χ4v) is 5.02. The van der Waals surface area contributed by atoms with E-state index < -0.39 is 5.79 Å². The number of hydrogen-bond acceptors (Lipinski definition) is 2. The summed E-state index contributed by atoms with van der Waals surface area (Å²) in [6.45, 7) is 0. The van der Waals surface area contributed by atoms with E-state index in [1.807, 2.05) is 7.11 Å². The summed E-state index contributed by atoms with van der Waals surface area (Å²) in [5, 5.41) is 2.48. The zero-order chi connectivity index (χ0) is 19.0. The molecule has 0 saturated heterocycles. The third-order valence-corrected chi connectivity index (χ3v) is 6.47. The molecule has 1 fully saturated rings. The summed E-state index contributed by atoms with van der Waals surface area (Å²) < 4.78 is 12.8. The van der Waals surface area contributed by atoms with Crippen LogP contribution < -0.4 is 0 Å². The third kappa shape index (κ3) is 2.93. The largest absolute Gasteiger partial charge is 0.462 e. The molecule has 0 amide bonds. The van der Waals surface area contributed by atoms with Gasteiger partial charge in [0.1, 0.15) is 5.76 Å². The first-order valence-electron chi connectivity index (χ1n) is 10.3. The zero-order valence-electron chi connectivity index (χ0n) is 16.3. The second kappa shape index (κ2) is 7.10. The van der Waals surface area contributed by atoms with Crippen molar-refractivity contribution in [3.63, 3.8) is 0 Å². The van der Waals surface area contributed by atoms with Crippen molar-refractivity contribution in [3.8, 4) is 0 Å². The highest BCUT2D eigenvalue weighted by Gasteiger charge is 2.50. The maximum Gasteiger partial charge on any atom is 0.214 e. The monoisotopic (exact) mass is 370 g/mol. The predicted octanol–water partition coefficient (Wildman–Crippen LogP) is 6.53. The van der Waals surface area contributed by atoms with Crippen molar-refractivity contribution in [1.29, 1.82) is 0 Å². The average molecular weight is 370 g/mol. The van der Waals surface area contributed by atoms with Gasteiger partial charge in [0.25, 0.3) is 0 Å². The zero-order valence-corrected chi connectivity index (χ0v) is 16.3. The van der Waals surface area contributed by atoms with Crippen molar-refractivity contribution in [3.05, 3.63) is 90.0 Å². The Hall–Kier alpha value is -2.58. The Labute approximate surface area is 166 Å². The van der Waals surface area contributed by atoms with Gasteiger partial charge in [0, 0.05) is 30.9 Å². The molecule has 2 aliphatic rings. The predicted molar refractivity (Wildman–Crippen MR) is 114 cm³/mol. The van der Waals surface area contributed by atoms with Crippen molar-refractivity contribution < 1.29 is 9.47 Å². The van der Waals surface area contributed by atoms with Crippen LogP contribution in [0, 0.1) is 5.92 Å². The van der Waals surface area contributed by atoms with Crippen molar-refractivity contribution in [2.24, 2.45) is 5.92 Å². The van der Waals surface area contributed by atoms with Crippen LogP contribution in [0.1, 0.15) is 42.7 Å². The van der Waals surface area contributed by atoms with Crippen LogP contribution in [-0.2, 0) is 9.47 Å². The molecule has 3 aromatic rings. The van der Waals surface area contributed by atoms with Crippen LogP contribution in [0.15, 0.2) is 78.9 Å². The van der Waals surface area contributed by atoms with Gasteiger partial charge in [-0.25, -0.2) is 0 Å². The molecule has 0 N–H and O–H groups in total. The highest BCUT2D eigenvalue weighted by Crippen LogP contribution is 2.51. The van der Waals surface area contributed by atoms with E-state index in [2.05, 4.69) is 78.9 Å². The molecule has 5 rings (SSSR count). The highest BCUT2D eigenvalue weighted by atomic mass is 16.7. The summed E-state index contributed by atoms with van der Waals surface area (Å²) >= 11 is 0. The van der Waals surface area contributed by atoms with Crippen LogP contribution in [0.2, 0.25) is 0 Å². The topological polar surface area (TPSA) is 18.5 Å². The van der Waals surface area contributed by atoms with E-state index in [0.29, 0.717) is 11.8 Å². The molecule has 1 aliphatic carbocycles. The first kappa shape index (κ1) is 17.5. The molecule has 1 saturated carbocycles. The van der Waals surface area contributed by atoms with Gasteiger partial charge in [-0.05, 0) is 41.3 Å². The highest BCUT2D eigenvalue weighted by molar-refractivity contribution is 5.85. The SMILES string of the molecule is COC12CCCCC1C(c1ccccc1)C=C(c1ccc3ccccc3c1)O2. The summed E-state index contributed by atoms with van der Waals surface area (Å²) in [6, 6.07) is 25.9. The number of benzene rings is 3. The summed E-state index contributed by atoms with van der Waals surface area (Å²) in [4.78, 5) is 0. The Morgan fingerprint density at radius 3 is 2.50 bits per heavy atom. The molecular formula is C26H26O2. The molecule has 3 aromatic carbocycles. The lowest BCUT2D eigenvalue weighted by Crippen LogP contribution is -2.49. The average Bonchev–Trinajstić information content (AvgIpc) is 2.78. The number of ether oxygens (including phenoxy) is 2. The van der Waals surface area contributed by atoms with Crippen molar-refractivity contribution >= 4 is 16.5 Å². The molecule has 142 valence electrons. The molecule has 3 unspecified atom stereocenters. The standard InChI is InChI=1S/C26H26O2/c1-27-26-16-8-7-13-24(26)23(20-10-3-2-4-11-20)18-25(28-26)22-15-14-19-9-5-6-12-21(19)17-22/h2-6,9-12,14-15,17-18,23-24H,7-8,13,16H2,1H3. The lowest BCUT2D eigenvalue weighted by atomic mass is 9.71. The van der Waals surface area contributed by atoms with E-state index in [4.69, 9.17) is 9.47 Å². The lowest BCUT2D eigenvalue weighted by molar-refractivity contribution is -0.240. The fourth-order valence-electron chi connectivity index (χ4n) is 5.02. The maximum absolute atomic E-state index is 6.65. The van der Waals surface area contributed by atoms with Gasteiger partial charge in [-0.15, -0.1) is 0 Å². The van der Waals surface area contributed by atoms with Gasteiger partial charge in [-0.1, -0.05) is 73.2 Å². The van der Waals surface area contributed by atoms with Gasteiger partial charge >= 0.3 is 0 Å². The van der Waals surface area contributed by atoms with Crippen molar-refractivity contribution in [2.45, 2.75) is 37.4 Å². The van der Waals surface area contributed by atoms with Crippen LogP contribution in [0.5, 0.6) is 0 Å². The number of methoxy groups -OCH3 is 1. The summed E-state index contributed by atoms with van der Waals surface area (Å²) in [7, 11) is 1.81. The fraction of sp³-hybridized carbons (Fsp3) is 0.308.